The second kappa shape index (κ2) is 5.78. The maximum absolute atomic E-state index is 13.8. The number of aromatic nitrogens is 3. The fourth-order valence-electron chi connectivity index (χ4n) is 2.31. The van der Waals surface area contributed by atoms with Crippen molar-refractivity contribution in [1.82, 2.24) is 14.5 Å². The lowest BCUT2D eigenvalue weighted by atomic mass is 10.1. The number of imidazole rings is 1. The van der Waals surface area contributed by atoms with Gasteiger partial charge in [-0.3, -0.25) is 0 Å². The van der Waals surface area contributed by atoms with Crippen LogP contribution in [0.5, 0.6) is 0 Å². The molecule has 0 radical (unpaired) electrons. The number of nitrogens with one attached hydrogen (secondary N) is 1. The van der Waals surface area contributed by atoms with Crippen LogP contribution in [0.4, 0.5) is 15.9 Å². The summed E-state index contributed by atoms with van der Waals surface area (Å²) in [7, 11) is 0. The number of hydrogen-bond acceptors (Lipinski definition) is 4. The molecule has 3 aromatic rings. The predicted molar refractivity (Wildman–Crippen MR) is 81.4 cm³/mol. The summed E-state index contributed by atoms with van der Waals surface area (Å²) < 4.78 is 15.8. The van der Waals surface area contributed by atoms with E-state index in [2.05, 4.69) is 15.3 Å². The van der Waals surface area contributed by atoms with Gasteiger partial charge in [-0.25, -0.2) is 14.4 Å². The Hall–Kier alpha value is -2.63. The number of nitrogen functional groups attached to an aromatic ring is 1. The van der Waals surface area contributed by atoms with Crippen molar-refractivity contribution in [1.29, 1.82) is 0 Å². The summed E-state index contributed by atoms with van der Waals surface area (Å²) in [4.78, 5) is 8.26. The highest BCUT2D eigenvalue weighted by Crippen LogP contribution is 2.28. The average molecular weight is 285 g/mol. The Bertz CT molecular complexity index is 739. The van der Waals surface area contributed by atoms with Crippen LogP contribution in [0.1, 0.15) is 6.42 Å². The van der Waals surface area contributed by atoms with Gasteiger partial charge in [0.15, 0.2) is 0 Å². The van der Waals surface area contributed by atoms with E-state index >= 15 is 0 Å². The van der Waals surface area contributed by atoms with Crippen LogP contribution in [0.15, 0.2) is 43.1 Å². The first-order valence-electron chi connectivity index (χ1n) is 6.78. The molecule has 3 rings (SSSR count). The Balaban J connectivity index is 1.73. The SMILES string of the molecule is Nc1ccc(F)c2ccnc(NCCCn3ccnc3)c12. The van der Waals surface area contributed by atoms with Gasteiger partial charge in [0, 0.05) is 42.8 Å². The van der Waals surface area contributed by atoms with Crippen LogP contribution in [0.3, 0.4) is 0 Å². The molecule has 0 amide bonds. The van der Waals surface area contributed by atoms with Gasteiger partial charge in [0.1, 0.15) is 11.6 Å². The number of nitrogens with two attached hydrogens (primary N) is 1. The molecule has 0 aliphatic carbocycles. The van der Waals surface area contributed by atoms with E-state index < -0.39 is 0 Å². The first-order chi connectivity index (χ1) is 10.3. The monoisotopic (exact) mass is 285 g/mol. The van der Waals surface area contributed by atoms with E-state index in [0.29, 0.717) is 22.3 Å². The van der Waals surface area contributed by atoms with Gasteiger partial charge in [-0.2, -0.15) is 0 Å². The first kappa shape index (κ1) is 13.4. The minimum atomic E-state index is -0.289. The number of hydrogen-bond donors (Lipinski definition) is 2. The van der Waals surface area contributed by atoms with E-state index in [1.165, 1.54) is 6.07 Å². The lowest BCUT2D eigenvalue weighted by Crippen LogP contribution is -2.08. The zero-order valence-electron chi connectivity index (χ0n) is 11.5. The molecule has 0 fully saturated rings. The van der Waals surface area contributed by atoms with Gasteiger partial charge < -0.3 is 15.6 Å². The number of pyridine rings is 1. The topological polar surface area (TPSA) is 68.8 Å². The molecule has 6 heteroatoms. The molecule has 5 nitrogen and oxygen atoms in total. The zero-order valence-corrected chi connectivity index (χ0v) is 11.5. The third kappa shape index (κ3) is 2.79. The van der Waals surface area contributed by atoms with E-state index in [9.17, 15) is 4.39 Å². The fourth-order valence-corrected chi connectivity index (χ4v) is 2.31. The molecule has 1 aromatic carbocycles. The maximum atomic E-state index is 13.8. The zero-order chi connectivity index (χ0) is 14.7. The molecular formula is C15H16FN5. The van der Waals surface area contributed by atoms with Gasteiger partial charge in [0.2, 0.25) is 0 Å². The molecule has 21 heavy (non-hydrogen) atoms. The highest BCUT2D eigenvalue weighted by molar-refractivity contribution is 6.00. The van der Waals surface area contributed by atoms with Gasteiger partial charge >= 0.3 is 0 Å². The molecule has 0 unspecified atom stereocenters. The van der Waals surface area contributed by atoms with Crippen molar-refractivity contribution in [3.63, 3.8) is 0 Å². The van der Waals surface area contributed by atoms with Gasteiger partial charge in [0.25, 0.3) is 0 Å². The number of benzene rings is 1. The molecule has 0 saturated carbocycles. The number of anilines is 2. The average Bonchev–Trinajstić information content (AvgIpc) is 3.01. The minimum absolute atomic E-state index is 0.289. The van der Waals surface area contributed by atoms with Crippen molar-refractivity contribution in [3.8, 4) is 0 Å². The van der Waals surface area contributed by atoms with Gasteiger partial charge in [-0.1, -0.05) is 0 Å². The van der Waals surface area contributed by atoms with E-state index in [4.69, 9.17) is 5.73 Å². The van der Waals surface area contributed by atoms with E-state index in [1.807, 2.05) is 10.8 Å². The van der Waals surface area contributed by atoms with Gasteiger partial charge in [0.05, 0.1) is 11.7 Å². The second-order valence-electron chi connectivity index (χ2n) is 4.80. The smallest absolute Gasteiger partial charge is 0.136 e. The number of rotatable bonds is 5. The highest BCUT2D eigenvalue weighted by Gasteiger charge is 2.09. The summed E-state index contributed by atoms with van der Waals surface area (Å²) >= 11 is 0. The van der Waals surface area contributed by atoms with E-state index in [1.54, 1.807) is 30.9 Å². The second-order valence-corrected chi connectivity index (χ2v) is 4.80. The van der Waals surface area contributed by atoms with Crippen LogP contribution < -0.4 is 11.1 Å². The Morgan fingerprint density at radius 2 is 2.14 bits per heavy atom. The summed E-state index contributed by atoms with van der Waals surface area (Å²) in [5.41, 5.74) is 6.47. The summed E-state index contributed by atoms with van der Waals surface area (Å²) in [6.45, 7) is 1.59. The Morgan fingerprint density at radius 1 is 1.24 bits per heavy atom. The third-order valence-electron chi connectivity index (χ3n) is 3.35. The summed E-state index contributed by atoms with van der Waals surface area (Å²) in [6, 6.07) is 4.58. The van der Waals surface area contributed by atoms with Crippen LogP contribution >= 0.6 is 0 Å². The van der Waals surface area contributed by atoms with E-state index in [0.717, 1.165) is 19.5 Å². The summed E-state index contributed by atoms with van der Waals surface area (Å²) in [5.74, 6) is 0.332. The number of nitrogens with zero attached hydrogens (tertiary/aromatic N) is 3. The number of aryl methyl sites for hydroxylation is 1. The molecule has 0 atom stereocenters. The molecule has 0 bridgehead atoms. The Kier molecular flexibility index (Phi) is 3.68. The van der Waals surface area contributed by atoms with Gasteiger partial charge in [-0.05, 0) is 24.6 Å². The van der Waals surface area contributed by atoms with E-state index in [-0.39, 0.29) is 5.82 Å². The number of fused-ring (bicyclic) bond motifs is 1. The largest absolute Gasteiger partial charge is 0.398 e. The normalized spacial score (nSPS) is 10.9. The molecule has 0 spiro atoms. The van der Waals surface area contributed by atoms with Crippen molar-refractivity contribution in [2.45, 2.75) is 13.0 Å². The minimum Gasteiger partial charge on any atom is -0.398 e. The van der Waals surface area contributed by atoms with Crippen LogP contribution in [-0.4, -0.2) is 21.1 Å². The summed E-state index contributed by atoms with van der Waals surface area (Å²) in [5, 5.41) is 4.35. The fraction of sp³-hybridized carbons (Fsp3) is 0.200. The predicted octanol–water partition coefficient (Wildman–Crippen LogP) is 2.65. The Morgan fingerprint density at radius 3 is 2.95 bits per heavy atom. The quantitative estimate of drug-likeness (QED) is 0.558. The molecule has 0 aliphatic rings. The summed E-state index contributed by atoms with van der Waals surface area (Å²) in [6.07, 6.45) is 7.95. The molecule has 3 N–H and O–H groups in total. The molecular weight excluding hydrogens is 269 g/mol. The van der Waals surface area contributed by atoms with Crippen molar-refractivity contribution >= 4 is 22.3 Å². The lowest BCUT2D eigenvalue weighted by molar-refractivity contribution is 0.640. The standard InChI is InChI=1S/C15H16FN5/c16-12-2-3-13(17)14-11(12)4-6-20-15(14)19-5-1-8-21-9-7-18-10-21/h2-4,6-7,9-10H,1,5,8,17H2,(H,19,20). The lowest BCUT2D eigenvalue weighted by Gasteiger charge is -2.11. The maximum Gasteiger partial charge on any atom is 0.136 e. The molecule has 2 aromatic heterocycles. The molecule has 0 aliphatic heterocycles. The third-order valence-corrected chi connectivity index (χ3v) is 3.35. The van der Waals surface area contributed by atoms with Crippen LogP contribution in [0, 0.1) is 5.82 Å². The number of halogens is 1. The van der Waals surface area contributed by atoms with Crippen LogP contribution in [0.25, 0.3) is 10.8 Å². The van der Waals surface area contributed by atoms with Crippen molar-refractivity contribution in [2.75, 3.05) is 17.6 Å². The molecule has 0 saturated heterocycles. The highest BCUT2D eigenvalue weighted by atomic mass is 19.1. The molecule has 108 valence electrons. The Labute approximate surface area is 121 Å². The first-order valence-corrected chi connectivity index (χ1v) is 6.78. The molecule has 2 heterocycles. The van der Waals surface area contributed by atoms with Crippen molar-refractivity contribution in [3.05, 3.63) is 48.9 Å². The van der Waals surface area contributed by atoms with Crippen molar-refractivity contribution < 1.29 is 4.39 Å². The van der Waals surface area contributed by atoms with Gasteiger partial charge in [-0.15, -0.1) is 0 Å². The van der Waals surface area contributed by atoms with Crippen molar-refractivity contribution in [2.24, 2.45) is 0 Å². The van der Waals surface area contributed by atoms with Crippen LogP contribution in [0.2, 0.25) is 0 Å². The van der Waals surface area contributed by atoms with Crippen LogP contribution in [-0.2, 0) is 6.54 Å².